The van der Waals surface area contributed by atoms with Crippen LogP contribution in [0.5, 0.6) is 0 Å². The van der Waals surface area contributed by atoms with Gasteiger partial charge in [-0.05, 0) is 26.2 Å². The van der Waals surface area contributed by atoms with Crippen LogP contribution in [0.2, 0.25) is 0 Å². The average molecular weight is 205 g/mol. The maximum absolute atomic E-state index is 5.62. The van der Waals surface area contributed by atoms with Crippen molar-refractivity contribution in [1.29, 1.82) is 0 Å². The maximum Gasteiger partial charge on any atom is 0.157 e. The number of hydrogen-bond donors (Lipinski definition) is 0. The molecule has 0 radical (unpaired) electrons. The van der Waals surface area contributed by atoms with Crippen LogP contribution < -0.4 is 0 Å². The summed E-state index contributed by atoms with van der Waals surface area (Å²) in [6.45, 7) is 3.45. The summed E-state index contributed by atoms with van der Waals surface area (Å²) in [7, 11) is 0. The van der Waals surface area contributed by atoms with E-state index in [-0.39, 0.29) is 6.29 Å². The van der Waals surface area contributed by atoms with Crippen molar-refractivity contribution in [3.8, 4) is 0 Å². The second kappa shape index (κ2) is 6.41. The third kappa shape index (κ3) is 4.65. The standard InChI is InChI=1S/C10H17ClO2/c1-9(8-11)5-7-13-10-4-2-3-6-12-10/h5,10H,2-4,6-8H2,1H3/b9-5-. The van der Waals surface area contributed by atoms with E-state index in [0.29, 0.717) is 12.5 Å². The van der Waals surface area contributed by atoms with Crippen molar-refractivity contribution < 1.29 is 9.47 Å². The van der Waals surface area contributed by atoms with Crippen LogP contribution in [0.15, 0.2) is 11.6 Å². The second-order valence-electron chi connectivity index (χ2n) is 3.31. The molecular formula is C10H17ClO2. The van der Waals surface area contributed by atoms with Crippen LogP contribution >= 0.6 is 11.6 Å². The lowest BCUT2D eigenvalue weighted by Gasteiger charge is -2.22. The Morgan fingerprint density at radius 1 is 1.62 bits per heavy atom. The van der Waals surface area contributed by atoms with E-state index in [1.165, 1.54) is 6.42 Å². The lowest BCUT2D eigenvalue weighted by molar-refractivity contribution is -0.155. The highest BCUT2D eigenvalue weighted by molar-refractivity contribution is 6.19. The Balaban J connectivity index is 2.10. The summed E-state index contributed by atoms with van der Waals surface area (Å²) in [5, 5.41) is 0. The molecule has 1 heterocycles. The smallest absolute Gasteiger partial charge is 0.157 e. The molecule has 13 heavy (non-hydrogen) atoms. The highest BCUT2D eigenvalue weighted by Crippen LogP contribution is 2.13. The molecule has 0 N–H and O–H groups in total. The van der Waals surface area contributed by atoms with Crippen molar-refractivity contribution in [2.45, 2.75) is 32.5 Å². The van der Waals surface area contributed by atoms with Gasteiger partial charge in [-0.1, -0.05) is 11.6 Å². The summed E-state index contributed by atoms with van der Waals surface area (Å²) in [6.07, 6.45) is 5.41. The van der Waals surface area contributed by atoms with Gasteiger partial charge in [-0.15, -0.1) is 11.6 Å². The van der Waals surface area contributed by atoms with Crippen molar-refractivity contribution in [2.24, 2.45) is 0 Å². The predicted octanol–water partition coefficient (Wildman–Crippen LogP) is 2.71. The van der Waals surface area contributed by atoms with E-state index in [9.17, 15) is 0 Å². The summed E-state index contributed by atoms with van der Waals surface area (Å²) in [6, 6.07) is 0. The Labute approximate surface area is 84.9 Å². The summed E-state index contributed by atoms with van der Waals surface area (Å²) in [5.41, 5.74) is 1.15. The van der Waals surface area contributed by atoms with E-state index < -0.39 is 0 Å². The number of halogens is 1. The number of alkyl halides is 1. The topological polar surface area (TPSA) is 18.5 Å². The lowest BCUT2D eigenvalue weighted by Crippen LogP contribution is -2.22. The Morgan fingerprint density at radius 3 is 3.08 bits per heavy atom. The monoisotopic (exact) mass is 204 g/mol. The van der Waals surface area contributed by atoms with Gasteiger partial charge >= 0.3 is 0 Å². The zero-order chi connectivity index (χ0) is 9.52. The van der Waals surface area contributed by atoms with Crippen molar-refractivity contribution in [3.05, 3.63) is 11.6 Å². The first kappa shape index (κ1) is 11.0. The zero-order valence-electron chi connectivity index (χ0n) is 8.09. The maximum atomic E-state index is 5.62. The molecule has 1 rings (SSSR count). The van der Waals surface area contributed by atoms with E-state index in [0.717, 1.165) is 25.0 Å². The Bertz CT molecular complexity index is 162. The molecule has 0 aliphatic carbocycles. The van der Waals surface area contributed by atoms with Crippen LogP contribution in [0.3, 0.4) is 0 Å². The van der Waals surface area contributed by atoms with E-state index in [4.69, 9.17) is 21.1 Å². The van der Waals surface area contributed by atoms with E-state index >= 15 is 0 Å². The average Bonchev–Trinajstić information content (AvgIpc) is 2.19. The molecular weight excluding hydrogens is 188 g/mol. The third-order valence-corrected chi connectivity index (χ3v) is 2.48. The van der Waals surface area contributed by atoms with Crippen LogP contribution in [0.25, 0.3) is 0 Å². The summed E-state index contributed by atoms with van der Waals surface area (Å²) in [5.74, 6) is 0.578. The molecule has 0 amide bonds. The highest BCUT2D eigenvalue weighted by Gasteiger charge is 2.12. The fourth-order valence-electron chi connectivity index (χ4n) is 1.19. The molecule has 1 unspecified atom stereocenters. The zero-order valence-corrected chi connectivity index (χ0v) is 8.85. The largest absolute Gasteiger partial charge is 0.353 e. The van der Waals surface area contributed by atoms with E-state index in [1.54, 1.807) is 0 Å². The summed E-state index contributed by atoms with van der Waals surface area (Å²) >= 11 is 5.62. The minimum atomic E-state index is 0.00752. The normalized spacial score (nSPS) is 24.8. The van der Waals surface area contributed by atoms with Gasteiger partial charge in [-0.2, -0.15) is 0 Å². The molecule has 0 aromatic heterocycles. The van der Waals surface area contributed by atoms with Gasteiger partial charge < -0.3 is 9.47 Å². The molecule has 0 spiro atoms. The quantitative estimate of drug-likeness (QED) is 0.518. The first-order valence-electron chi connectivity index (χ1n) is 4.77. The van der Waals surface area contributed by atoms with Crippen molar-refractivity contribution in [1.82, 2.24) is 0 Å². The number of hydrogen-bond acceptors (Lipinski definition) is 2. The van der Waals surface area contributed by atoms with Crippen LogP contribution in [0.4, 0.5) is 0 Å². The second-order valence-corrected chi connectivity index (χ2v) is 3.58. The van der Waals surface area contributed by atoms with Gasteiger partial charge in [0.15, 0.2) is 6.29 Å². The van der Waals surface area contributed by atoms with Crippen molar-refractivity contribution >= 4 is 11.6 Å². The van der Waals surface area contributed by atoms with E-state index in [1.807, 2.05) is 13.0 Å². The van der Waals surface area contributed by atoms with Crippen LogP contribution in [0.1, 0.15) is 26.2 Å². The molecule has 0 aromatic rings. The minimum Gasteiger partial charge on any atom is -0.353 e. The Morgan fingerprint density at radius 2 is 2.46 bits per heavy atom. The van der Waals surface area contributed by atoms with Gasteiger partial charge in [0, 0.05) is 12.5 Å². The molecule has 1 atom stereocenters. The molecule has 76 valence electrons. The van der Waals surface area contributed by atoms with Gasteiger partial charge in [-0.3, -0.25) is 0 Å². The summed E-state index contributed by atoms with van der Waals surface area (Å²) in [4.78, 5) is 0. The number of allylic oxidation sites excluding steroid dienone is 1. The first-order chi connectivity index (χ1) is 6.33. The fourth-order valence-corrected chi connectivity index (χ4v) is 1.30. The van der Waals surface area contributed by atoms with Gasteiger partial charge in [0.25, 0.3) is 0 Å². The first-order valence-corrected chi connectivity index (χ1v) is 5.31. The van der Waals surface area contributed by atoms with Gasteiger partial charge in [-0.25, -0.2) is 0 Å². The number of ether oxygens (including phenoxy) is 2. The molecule has 0 saturated carbocycles. The molecule has 1 aliphatic rings. The van der Waals surface area contributed by atoms with Gasteiger partial charge in [0.2, 0.25) is 0 Å². The Kier molecular flexibility index (Phi) is 5.44. The molecule has 0 aromatic carbocycles. The van der Waals surface area contributed by atoms with Gasteiger partial charge in [0.1, 0.15) is 0 Å². The van der Waals surface area contributed by atoms with E-state index in [2.05, 4.69) is 0 Å². The fraction of sp³-hybridized carbons (Fsp3) is 0.800. The molecule has 0 bridgehead atoms. The molecule has 2 nitrogen and oxygen atoms in total. The third-order valence-electron chi connectivity index (χ3n) is 2.06. The van der Waals surface area contributed by atoms with Crippen LogP contribution in [-0.4, -0.2) is 25.4 Å². The lowest BCUT2D eigenvalue weighted by atomic mass is 10.2. The molecule has 1 fully saturated rings. The molecule has 1 saturated heterocycles. The minimum absolute atomic E-state index is 0.00752. The van der Waals surface area contributed by atoms with Crippen LogP contribution in [0, 0.1) is 0 Å². The number of rotatable bonds is 4. The SMILES string of the molecule is C/C(=C/COC1CCCCO1)CCl. The highest BCUT2D eigenvalue weighted by atomic mass is 35.5. The molecule has 1 aliphatic heterocycles. The molecule has 3 heteroatoms. The van der Waals surface area contributed by atoms with Gasteiger partial charge in [0.05, 0.1) is 6.61 Å². The van der Waals surface area contributed by atoms with Crippen LogP contribution in [-0.2, 0) is 9.47 Å². The van der Waals surface area contributed by atoms with Crippen molar-refractivity contribution in [2.75, 3.05) is 19.1 Å². The Hall–Kier alpha value is -0.0500. The van der Waals surface area contributed by atoms with Crippen molar-refractivity contribution in [3.63, 3.8) is 0 Å². The summed E-state index contributed by atoms with van der Waals surface area (Å²) < 4.78 is 10.9. The predicted molar refractivity (Wildman–Crippen MR) is 54.0 cm³/mol.